The van der Waals surface area contributed by atoms with E-state index >= 15 is 0 Å². The fourth-order valence-electron chi connectivity index (χ4n) is 3.15. The number of nitrogens with one attached hydrogen (secondary N) is 1. The van der Waals surface area contributed by atoms with Crippen LogP contribution in [0.1, 0.15) is 50.4 Å². The van der Waals surface area contributed by atoms with Crippen LogP contribution in [0.4, 0.5) is 5.69 Å². The zero-order valence-corrected chi connectivity index (χ0v) is 18.1. The molecule has 0 aromatic heterocycles. The van der Waals surface area contributed by atoms with Crippen LogP contribution in [0.15, 0.2) is 48.5 Å². The van der Waals surface area contributed by atoms with E-state index in [0.717, 1.165) is 30.2 Å². The van der Waals surface area contributed by atoms with Crippen molar-refractivity contribution in [2.24, 2.45) is 0 Å². The van der Waals surface area contributed by atoms with Crippen LogP contribution in [0.2, 0.25) is 0 Å². The molecule has 0 radical (unpaired) electrons. The largest absolute Gasteiger partial charge is 0.348 e. The van der Waals surface area contributed by atoms with Crippen molar-refractivity contribution in [2.45, 2.75) is 52.6 Å². The zero-order valence-electron chi connectivity index (χ0n) is 17.3. The Balaban J connectivity index is 2.20. The molecule has 2 aromatic rings. The quantitative estimate of drug-likeness (QED) is 0.729. The van der Waals surface area contributed by atoms with Gasteiger partial charge in [0.15, 0.2) is 0 Å². The lowest BCUT2D eigenvalue weighted by Crippen LogP contribution is -2.48. The van der Waals surface area contributed by atoms with Crippen molar-refractivity contribution >= 4 is 21.6 Å². The Labute approximate surface area is 168 Å². The number of carbonyl (C=O) groups is 1. The summed E-state index contributed by atoms with van der Waals surface area (Å²) in [7, 11) is -3.62. The molecule has 1 N–H and O–H groups in total. The molecule has 0 aliphatic rings. The van der Waals surface area contributed by atoms with E-state index < -0.39 is 16.1 Å². The molecule has 0 saturated carbocycles. The van der Waals surface area contributed by atoms with Crippen molar-refractivity contribution in [2.75, 3.05) is 10.6 Å². The number of nitrogens with zero attached hydrogens (tertiary/aromatic N) is 1. The van der Waals surface area contributed by atoms with Gasteiger partial charge in [0.1, 0.15) is 6.04 Å². The summed E-state index contributed by atoms with van der Waals surface area (Å²) in [6, 6.07) is 14.3. The molecule has 2 aromatic carbocycles. The second-order valence-electron chi connectivity index (χ2n) is 7.08. The standard InChI is InChI=1S/C22H30N2O3S/c1-6-18-8-12-20(13-9-18)16(3)23-22(25)17(4)24(28(5,26)27)21-14-10-19(7-2)11-15-21/h8-17H,6-7H2,1-5H3,(H,23,25)/t16-,17-/m0/s1. The molecule has 152 valence electrons. The Morgan fingerprint density at radius 2 is 1.39 bits per heavy atom. The van der Waals surface area contributed by atoms with Crippen molar-refractivity contribution < 1.29 is 13.2 Å². The van der Waals surface area contributed by atoms with Crippen LogP contribution in [-0.4, -0.2) is 26.6 Å². The number of sulfonamides is 1. The number of amides is 1. The van der Waals surface area contributed by atoms with Gasteiger partial charge in [0.05, 0.1) is 18.0 Å². The van der Waals surface area contributed by atoms with E-state index in [2.05, 4.69) is 12.2 Å². The van der Waals surface area contributed by atoms with Gasteiger partial charge >= 0.3 is 0 Å². The van der Waals surface area contributed by atoms with Gasteiger partial charge in [-0.2, -0.15) is 0 Å². The molecular formula is C22H30N2O3S. The van der Waals surface area contributed by atoms with Crippen molar-refractivity contribution in [3.63, 3.8) is 0 Å². The van der Waals surface area contributed by atoms with Gasteiger partial charge in [-0.15, -0.1) is 0 Å². The first-order valence-corrected chi connectivity index (χ1v) is 11.5. The molecule has 0 bridgehead atoms. The smallest absolute Gasteiger partial charge is 0.244 e. The normalized spacial score (nSPS) is 13.6. The molecular weight excluding hydrogens is 372 g/mol. The highest BCUT2D eigenvalue weighted by molar-refractivity contribution is 7.92. The van der Waals surface area contributed by atoms with Crippen LogP contribution in [0.5, 0.6) is 0 Å². The highest BCUT2D eigenvalue weighted by Crippen LogP contribution is 2.22. The summed E-state index contributed by atoms with van der Waals surface area (Å²) in [5, 5.41) is 2.93. The number of anilines is 1. The topological polar surface area (TPSA) is 66.5 Å². The highest BCUT2D eigenvalue weighted by atomic mass is 32.2. The van der Waals surface area contributed by atoms with Crippen molar-refractivity contribution in [1.82, 2.24) is 5.32 Å². The van der Waals surface area contributed by atoms with Gasteiger partial charge in [0, 0.05) is 0 Å². The Kier molecular flexibility index (Phi) is 7.24. The molecule has 0 aliphatic heterocycles. The monoisotopic (exact) mass is 402 g/mol. The van der Waals surface area contributed by atoms with Crippen LogP contribution >= 0.6 is 0 Å². The molecule has 0 fully saturated rings. The third kappa shape index (κ3) is 5.35. The van der Waals surface area contributed by atoms with Gasteiger partial charge in [-0.05, 0) is 55.5 Å². The third-order valence-electron chi connectivity index (χ3n) is 4.93. The molecule has 0 spiro atoms. The lowest BCUT2D eigenvalue weighted by atomic mass is 10.0. The number of rotatable bonds is 8. The van der Waals surface area contributed by atoms with Crippen molar-refractivity contribution in [3.05, 3.63) is 65.2 Å². The van der Waals surface area contributed by atoms with Gasteiger partial charge in [-0.1, -0.05) is 50.2 Å². The fourth-order valence-corrected chi connectivity index (χ4v) is 4.32. The molecule has 5 nitrogen and oxygen atoms in total. The maximum atomic E-state index is 12.8. The molecule has 6 heteroatoms. The zero-order chi connectivity index (χ0) is 20.9. The number of aryl methyl sites for hydroxylation is 2. The molecule has 1 amide bonds. The SMILES string of the molecule is CCc1ccc([C@H](C)NC(=O)[C@H](C)N(c2ccc(CC)cc2)S(C)(=O)=O)cc1. The number of hydrogen-bond acceptors (Lipinski definition) is 3. The summed E-state index contributed by atoms with van der Waals surface area (Å²) < 4.78 is 26.0. The lowest BCUT2D eigenvalue weighted by Gasteiger charge is -2.29. The number of benzene rings is 2. The summed E-state index contributed by atoms with van der Waals surface area (Å²) >= 11 is 0. The maximum Gasteiger partial charge on any atom is 0.244 e. The molecule has 0 heterocycles. The molecule has 0 unspecified atom stereocenters. The molecule has 0 aliphatic carbocycles. The summed E-state index contributed by atoms with van der Waals surface area (Å²) in [5.74, 6) is -0.336. The minimum atomic E-state index is -3.62. The van der Waals surface area contributed by atoms with Crippen LogP contribution < -0.4 is 9.62 Å². The maximum absolute atomic E-state index is 12.8. The van der Waals surface area contributed by atoms with Gasteiger partial charge < -0.3 is 5.32 Å². The second kappa shape index (κ2) is 9.24. The van der Waals surface area contributed by atoms with Crippen LogP contribution in [0.25, 0.3) is 0 Å². The third-order valence-corrected chi connectivity index (χ3v) is 6.18. The Bertz CT molecular complexity index is 890. The summed E-state index contributed by atoms with van der Waals surface area (Å²) in [6.07, 6.45) is 2.94. The Morgan fingerprint density at radius 1 is 0.929 bits per heavy atom. The van der Waals surface area contributed by atoms with Gasteiger partial charge in [0.2, 0.25) is 15.9 Å². The molecule has 28 heavy (non-hydrogen) atoms. The average molecular weight is 403 g/mol. The predicted octanol–water partition coefficient (Wildman–Crippen LogP) is 3.84. The Hall–Kier alpha value is -2.34. The molecule has 2 rings (SSSR count). The summed E-state index contributed by atoms with van der Waals surface area (Å²) in [4.78, 5) is 12.8. The minimum absolute atomic E-state index is 0.218. The van der Waals surface area contributed by atoms with Crippen LogP contribution in [0.3, 0.4) is 0 Å². The first kappa shape index (κ1) is 22.0. The average Bonchev–Trinajstić information content (AvgIpc) is 2.67. The lowest BCUT2D eigenvalue weighted by molar-refractivity contribution is -0.122. The first-order valence-electron chi connectivity index (χ1n) is 9.64. The van der Waals surface area contributed by atoms with Crippen LogP contribution in [0, 0.1) is 0 Å². The van der Waals surface area contributed by atoms with E-state index in [1.807, 2.05) is 50.2 Å². The second-order valence-corrected chi connectivity index (χ2v) is 8.94. The number of hydrogen-bond donors (Lipinski definition) is 1. The Morgan fingerprint density at radius 3 is 1.82 bits per heavy atom. The van der Waals surface area contributed by atoms with Gasteiger partial charge in [-0.3, -0.25) is 9.10 Å². The van der Waals surface area contributed by atoms with Gasteiger partial charge in [0.25, 0.3) is 0 Å². The molecule has 2 atom stereocenters. The van der Waals surface area contributed by atoms with E-state index in [1.165, 1.54) is 9.87 Å². The molecule has 0 saturated heterocycles. The highest BCUT2D eigenvalue weighted by Gasteiger charge is 2.29. The van der Waals surface area contributed by atoms with E-state index in [9.17, 15) is 13.2 Å². The summed E-state index contributed by atoms with van der Waals surface area (Å²) in [6.45, 7) is 7.63. The van der Waals surface area contributed by atoms with Crippen molar-refractivity contribution in [1.29, 1.82) is 0 Å². The fraction of sp³-hybridized carbons (Fsp3) is 0.409. The predicted molar refractivity (Wildman–Crippen MR) is 115 cm³/mol. The van der Waals surface area contributed by atoms with E-state index in [-0.39, 0.29) is 11.9 Å². The number of carbonyl (C=O) groups excluding carboxylic acids is 1. The van der Waals surface area contributed by atoms with E-state index in [4.69, 9.17) is 0 Å². The van der Waals surface area contributed by atoms with Crippen LogP contribution in [-0.2, 0) is 27.7 Å². The van der Waals surface area contributed by atoms with E-state index in [0.29, 0.717) is 5.69 Å². The minimum Gasteiger partial charge on any atom is -0.348 e. The van der Waals surface area contributed by atoms with Crippen molar-refractivity contribution in [3.8, 4) is 0 Å². The van der Waals surface area contributed by atoms with E-state index in [1.54, 1.807) is 19.1 Å². The van der Waals surface area contributed by atoms with Gasteiger partial charge in [-0.25, -0.2) is 8.42 Å². The summed E-state index contributed by atoms with van der Waals surface area (Å²) in [5.41, 5.74) is 3.81. The first-order chi connectivity index (χ1) is 13.2.